The van der Waals surface area contributed by atoms with Crippen molar-refractivity contribution < 1.29 is 13.6 Å². The van der Waals surface area contributed by atoms with Crippen LogP contribution in [0.25, 0.3) is 0 Å². The minimum Gasteiger partial charge on any atom is -0.339 e. The molecular formula is C21H18F2N2OS. The van der Waals surface area contributed by atoms with Crippen LogP contribution in [0.3, 0.4) is 0 Å². The van der Waals surface area contributed by atoms with E-state index >= 15 is 0 Å². The Morgan fingerprint density at radius 3 is 2.85 bits per heavy atom. The number of carbonyl (C=O) groups is 1. The highest BCUT2D eigenvalue weighted by Gasteiger charge is 2.49. The molecule has 1 saturated carbocycles. The third kappa shape index (κ3) is 3.10. The second kappa shape index (κ2) is 6.97. The normalized spacial score (nSPS) is 23.9. The average Bonchev–Trinajstić information content (AvgIpc) is 2.90. The van der Waals surface area contributed by atoms with Crippen LogP contribution in [-0.2, 0) is 9.67 Å². The first kappa shape index (κ1) is 18.0. The van der Waals surface area contributed by atoms with Gasteiger partial charge in [-0.05, 0) is 67.0 Å². The molecular weight excluding hydrogens is 366 g/mol. The van der Waals surface area contributed by atoms with E-state index in [1.54, 1.807) is 0 Å². The lowest BCUT2D eigenvalue weighted by atomic mass is 9.73. The summed E-state index contributed by atoms with van der Waals surface area (Å²) in [7, 11) is 0. The maximum Gasteiger partial charge on any atom is 0.208 e. The number of amides is 1. The zero-order chi connectivity index (χ0) is 19.0. The molecule has 138 valence electrons. The van der Waals surface area contributed by atoms with Crippen molar-refractivity contribution in [1.29, 1.82) is 5.41 Å². The smallest absolute Gasteiger partial charge is 0.208 e. The summed E-state index contributed by atoms with van der Waals surface area (Å²) in [5.74, 6) is -0.471. The summed E-state index contributed by atoms with van der Waals surface area (Å²) < 4.78 is 27.7. The van der Waals surface area contributed by atoms with Gasteiger partial charge in [-0.25, -0.2) is 8.78 Å². The van der Waals surface area contributed by atoms with Gasteiger partial charge in [0.05, 0.1) is 5.04 Å². The van der Waals surface area contributed by atoms with E-state index in [0.717, 1.165) is 53.9 Å². The third-order valence-electron chi connectivity index (χ3n) is 5.60. The van der Waals surface area contributed by atoms with E-state index in [9.17, 15) is 13.6 Å². The van der Waals surface area contributed by atoms with E-state index in [0.29, 0.717) is 18.7 Å². The zero-order valence-corrected chi connectivity index (χ0v) is 15.3. The number of hydrogen-bond acceptors (Lipinski definition) is 3. The summed E-state index contributed by atoms with van der Waals surface area (Å²) in [5, 5.41) is 11.1. The lowest BCUT2D eigenvalue weighted by Gasteiger charge is -2.34. The highest BCUT2D eigenvalue weighted by atomic mass is 32.2. The molecule has 2 atom stereocenters. The van der Waals surface area contributed by atoms with Crippen molar-refractivity contribution in [2.24, 2.45) is 5.92 Å². The van der Waals surface area contributed by atoms with Gasteiger partial charge >= 0.3 is 0 Å². The summed E-state index contributed by atoms with van der Waals surface area (Å²) in [6.45, 7) is 0. The predicted molar refractivity (Wildman–Crippen MR) is 100 cm³/mol. The molecule has 0 saturated heterocycles. The van der Waals surface area contributed by atoms with Crippen LogP contribution in [0.1, 0.15) is 48.3 Å². The molecule has 0 spiro atoms. The number of thioether (sulfide) groups is 1. The molecule has 0 bridgehead atoms. The highest BCUT2D eigenvalue weighted by molar-refractivity contribution is 8.15. The average molecular weight is 384 g/mol. The molecule has 1 fully saturated rings. The van der Waals surface area contributed by atoms with Gasteiger partial charge in [-0.2, -0.15) is 0 Å². The van der Waals surface area contributed by atoms with E-state index in [4.69, 9.17) is 5.41 Å². The largest absolute Gasteiger partial charge is 0.339 e. The van der Waals surface area contributed by atoms with Gasteiger partial charge in [-0.3, -0.25) is 10.2 Å². The van der Waals surface area contributed by atoms with Gasteiger partial charge in [0.15, 0.2) is 0 Å². The van der Waals surface area contributed by atoms with Gasteiger partial charge in [0, 0.05) is 11.1 Å². The van der Waals surface area contributed by atoms with Crippen LogP contribution in [0.4, 0.5) is 8.78 Å². The fourth-order valence-electron chi connectivity index (χ4n) is 4.08. The molecule has 4 rings (SSSR count). The Kier molecular flexibility index (Phi) is 4.65. The number of hydrogen-bond donors (Lipinski definition) is 2. The molecule has 0 radical (unpaired) electrons. The molecule has 2 unspecified atom stereocenters. The Morgan fingerprint density at radius 1 is 1.33 bits per heavy atom. The molecule has 0 aromatic heterocycles. The first-order valence-electron chi connectivity index (χ1n) is 8.91. The maximum atomic E-state index is 14.1. The Hall–Kier alpha value is -2.39. The first-order valence-corrected chi connectivity index (χ1v) is 9.73. The van der Waals surface area contributed by atoms with Gasteiger partial charge in [-0.1, -0.05) is 30.3 Å². The van der Waals surface area contributed by atoms with Gasteiger partial charge in [-0.15, -0.1) is 0 Å². The maximum absolute atomic E-state index is 14.1. The fraction of sp³-hybridized carbons (Fsp3) is 0.333. The van der Waals surface area contributed by atoms with E-state index < -0.39 is 16.5 Å². The number of benzene rings is 1. The number of rotatable bonds is 5. The molecule has 2 aliphatic carbocycles. The molecule has 6 heteroatoms. The zero-order valence-electron chi connectivity index (χ0n) is 14.5. The van der Waals surface area contributed by atoms with Crippen molar-refractivity contribution in [1.82, 2.24) is 5.32 Å². The van der Waals surface area contributed by atoms with Crippen LogP contribution >= 0.6 is 11.8 Å². The van der Waals surface area contributed by atoms with Crippen molar-refractivity contribution in [2.75, 3.05) is 0 Å². The molecule has 27 heavy (non-hydrogen) atoms. The van der Waals surface area contributed by atoms with E-state index in [2.05, 4.69) is 17.4 Å². The van der Waals surface area contributed by atoms with Crippen LogP contribution in [0, 0.1) is 35.1 Å². The fourth-order valence-corrected chi connectivity index (χ4v) is 5.33. The number of halogens is 2. The van der Waals surface area contributed by atoms with Crippen molar-refractivity contribution in [2.45, 2.75) is 36.5 Å². The number of carbonyl (C=O) groups excluding carboxylic acids is 1. The minimum atomic E-state index is -0.926. The quantitative estimate of drug-likeness (QED) is 0.345. The predicted octanol–water partition coefficient (Wildman–Crippen LogP) is 4.51. The second-order valence-corrected chi connectivity index (χ2v) is 8.39. The van der Waals surface area contributed by atoms with Crippen LogP contribution in [0.15, 0.2) is 30.3 Å². The van der Waals surface area contributed by atoms with Crippen LogP contribution < -0.4 is 5.32 Å². The van der Waals surface area contributed by atoms with Crippen LogP contribution in [-0.4, -0.2) is 11.5 Å². The van der Waals surface area contributed by atoms with Gasteiger partial charge in [0.25, 0.3) is 0 Å². The standard InChI is InChI=1S/C21H18F2N2OS/c22-14-8-9-19(23)16(10-14)20(24)27-21(25-12-26)11-17(13-4-3-5-13)15-6-1-2-7-18(15)21/h1,6,8-10,12-13,17,24H,3-5,11H2,(H,25,26). The molecule has 1 amide bonds. The van der Waals surface area contributed by atoms with E-state index in [-0.39, 0.29) is 16.5 Å². The Morgan fingerprint density at radius 2 is 2.15 bits per heavy atom. The van der Waals surface area contributed by atoms with E-state index in [1.165, 1.54) is 6.42 Å². The molecule has 2 N–H and O–H groups in total. The molecule has 2 aromatic carbocycles. The summed E-state index contributed by atoms with van der Waals surface area (Å²) in [6, 6.07) is 12.9. The van der Waals surface area contributed by atoms with Crippen molar-refractivity contribution in [3.8, 4) is 0 Å². The second-order valence-electron chi connectivity index (χ2n) is 7.08. The Bertz CT molecular complexity index is 900. The summed E-state index contributed by atoms with van der Waals surface area (Å²) >= 11 is 1.04. The van der Waals surface area contributed by atoms with Crippen molar-refractivity contribution in [3.05, 3.63) is 70.8 Å². The molecule has 3 nitrogen and oxygen atoms in total. The molecule has 0 heterocycles. The van der Waals surface area contributed by atoms with Gasteiger partial charge in [0.2, 0.25) is 6.41 Å². The SMILES string of the molecule is N=C(SC1(NC=O)CC(C2CCC2)c2ccc#cc21)c1cc(F)ccc1F. The molecule has 2 aliphatic rings. The number of nitrogens with one attached hydrogen (secondary N) is 2. The summed E-state index contributed by atoms with van der Waals surface area (Å²) in [6.07, 6.45) is 4.69. The van der Waals surface area contributed by atoms with Gasteiger partial charge in [0.1, 0.15) is 16.5 Å². The molecule has 0 aliphatic heterocycles. The lowest BCUT2D eigenvalue weighted by molar-refractivity contribution is -0.110. The third-order valence-corrected chi connectivity index (χ3v) is 6.86. The lowest BCUT2D eigenvalue weighted by Crippen LogP contribution is -2.38. The monoisotopic (exact) mass is 384 g/mol. The molecule has 2 aromatic rings. The Labute approximate surface area is 161 Å². The van der Waals surface area contributed by atoms with Crippen LogP contribution in [0.5, 0.6) is 0 Å². The van der Waals surface area contributed by atoms with E-state index in [1.807, 2.05) is 12.1 Å². The van der Waals surface area contributed by atoms with Crippen LogP contribution in [0.2, 0.25) is 0 Å². The van der Waals surface area contributed by atoms with Crippen molar-refractivity contribution in [3.63, 3.8) is 0 Å². The number of fused-ring (bicyclic) bond motifs is 1. The van der Waals surface area contributed by atoms with Gasteiger partial charge < -0.3 is 5.32 Å². The summed E-state index contributed by atoms with van der Waals surface area (Å²) in [4.78, 5) is 10.5. The topological polar surface area (TPSA) is 53.0 Å². The Balaban J connectivity index is 1.72. The minimum absolute atomic E-state index is 0.111. The van der Waals surface area contributed by atoms with Crippen molar-refractivity contribution >= 4 is 23.2 Å². The first-order chi connectivity index (χ1) is 13.0. The summed E-state index contributed by atoms with van der Waals surface area (Å²) in [5.41, 5.74) is 1.77. The highest BCUT2D eigenvalue weighted by Crippen LogP contribution is 2.56.